The zero-order chi connectivity index (χ0) is 8.72. The van der Waals surface area contributed by atoms with Crippen LogP contribution in [0, 0.1) is 13.8 Å². The van der Waals surface area contributed by atoms with Crippen molar-refractivity contribution in [2.75, 3.05) is 0 Å². The molecule has 1 aromatic carbocycles. The Kier molecular flexibility index (Phi) is 5.24. The predicted octanol–water partition coefficient (Wildman–Crippen LogP) is -4.04. The van der Waals surface area contributed by atoms with Gasteiger partial charge >= 0.3 is 83.5 Å². The van der Waals surface area contributed by atoms with Crippen LogP contribution in [0.25, 0.3) is 10.9 Å². The van der Waals surface area contributed by atoms with E-state index >= 15 is 0 Å². The van der Waals surface area contributed by atoms with Crippen molar-refractivity contribution in [3.8, 4) is 0 Å². The number of aryl methyl sites for hydroxylation is 2. The molecule has 0 bridgehead atoms. The van der Waals surface area contributed by atoms with E-state index in [0.717, 1.165) is 0 Å². The second kappa shape index (κ2) is 5.22. The molecule has 0 unspecified atom stereocenters. The molecule has 0 fully saturated rings. The fraction of sp³-hybridized carbons (Fsp3) is 0.200. The first-order chi connectivity index (χ1) is 5.70. The Labute approximate surface area is 108 Å². The number of H-pyrrole nitrogens is 1. The molecular formula is C10H10Cl2NTi. The van der Waals surface area contributed by atoms with Gasteiger partial charge in [0.2, 0.25) is 0 Å². The van der Waals surface area contributed by atoms with Gasteiger partial charge in [0, 0.05) is 0 Å². The summed E-state index contributed by atoms with van der Waals surface area (Å²) in [6, 6.07) is 6.37. The van der Waals surface area contributed by atoms with E-state index in [1.807, 2.05) is 0 Å². The third-order valence-corrected chi connectivity index (χ3v) is 3.06. The van der Waals surface area contributed by atoms with Crippen LogP contribution in [0.2, 0.25) is 0 Å². The van der Waals surface area contributed by atoms with Crippen LogP contribution in [0.4, 0.5) is 0 Å². The molecule has 0 amide bonds. The summed E-state index contributed by atoms with van der Waals surface area (Å²) in [6.07, 6.45) is 0. The number of rotatable bonds is 0. The minimum Gasteiger partial charge on any atom is -1.00 e. The first kappa shape index (κ1) is 14.1. The summed E-state index contributed by atoms with van der Waals surface area (Å²) in [7, 11) is 0. The van der Waals surface area contributed by atoms with Gasteiger partial charge in [0.05, 0.1) is 0 Å². The molecule has 1 aromatic heterocycles. The molecule has 0 aliphatic rings. The van der Waals surface area contributed by atoms with Gasteiger partial charge in [-0.1, -0.05) is 0 Å². The quantitative estimate of drug-likeness (QED) is 0.466. The fourth-order valence-corrected chi connectivity index (χ4v) is 2.03. The van der Waals surface area contributed by atoms with E-state index in [1.165, 1.54) is 26.0 Å². The van der Waals surface area contributed by atoms with Gasteiger partial charge < -0.3 is 24.8 Å². The number of nitrogens with one attached hydrogen (secondary N) is 1. The number of hydrogen-bond donors (Lipinski definition) is 1. The Balaban J connectivity index is 0.000000845. The van der Waals surface area contributed by atoms with Crippen molar-refractivity contribution in [1.29, 1.82) is 0 Å². The van der Waals surface area contributed by atoms with Gasteiger partial charge in [-0.2, -0.15) is 0 Å². The van der Waals surface area contributed by atoms with Gasteiger partial charge in [0.15, 0.2) is 0 Å². The maximum absolute atomic E-state index is 3.37. The second-order valence-electron chi connectivity index (χ2n) is 3.12. The largest absolute Gasteiger partial charge is 1.00 e. The second-order valence-corrected chi connectivity index (χ2v) is 3.90. The SMILES string of the molecule is Cc1cccc2[nH][c]([Ti+2])c(C)c12.[Cl-].[Cl-]. The van der Waals surface area contributed by atoms with Crippen molar-refractivity contribution in [3.63, 3.8) is 0 Å². The Morgan fingerprint density at radius 2 is 1.79 bits per heavy atom. The van der Waals surface area contributed by atoms with Crippen LogP contribution in [0.15, 0.2) is 18.2 Å². The predicted molar refractivity (Wildman–Crippen MR) is 47.4 cm³/mol. The Bertz CT molecular complexity index is 437. The maximum atomic E-state index is 3.37. The smallest absolute Gasteiger partial charge is 1.00 e. The van der Waals surface area contributed by atoms with Gasteiger partial charge in [-0.05, 0) is 0 Å². The van der Waals surface area contributed by atoms with E-state index < -0.39 is 0 Å². The van der Waals surface area contributed by atoms with E-state index in [4.69, 9.17) is 0 Å². The summed E-state index contributed by atoms with van der Waals surface area (Å²) in [5.41, 5.74) is 3.99. The molecule has 1 heterocycles. The van der Waals surface area contributed by atoms with Gasteiger partial charge in [-0.3, -0.25) is 0 Å². The molecule has 0 spiro atoms. The molecule has 0 aliphatic heterocycles. The number of fused-ring (bicyclic) bond motifs is 1. The summed E-state index contributed by atoms with van der Waals surface area (Å²) >= 11 is 2.12. The molecule has 4 heteroatoms. The van der Waals surface area contributed by atoms with Crippen molar-refractivity contribution < 1.29 is 45.2 Å². The van der Waals surface area contributed by atoms with Gasteiger partial charge in [-0.15, -0.1) is 0 Å². The van der Waals surface area contributed by atoms with Crippen LogP contribution in [0.3, 0.4) is 0 Å². The van der Waals surface area contributed by atoms with Crippen LogP contribution >= 0.6 is 0 Å². The van der Waals surface area contributed by atoms with Gasteiger partial charge in [-0.25, -0.2) is 0 Å². The van der Waals surface area contributed by atoms with E-state index in [-0.39, 0.29) is 24.8 Å². The molecule has 0 saturated heterocycles. The van der Waals surface area contributed by atoms with Crippen LogP contribution in [-0.4, -0.2) is 4.98 Å². The first-order valence-corrected chi connectivity index (χ1v) is 4.77. The normalized spacial score (nSPS) is 9.43. The first-order valence-electron chi connectivity index (χ1n) is 3.99. The van der Waals surface area contributed by atoms with Crippen LogP contribution in [0.1, 0.15) is 11.1 Å². The number of benzene rings is 1. The summed E-state index contributed by atoms with van der Waals surface area (Å²) in [6.45, 7) is 4.32. The minimum absolute atomic E-state index is 0. The average Bonchev–Trinajstić information content (AvgIpc) is 2.29. The van der Waals surface area contributed by atoms with E-state index in [2.05, 4.69) is 57.5 Å². The zero-order valence-corrected chi connectivity index (χ0v) is 11.1. The summed E-state index contributed by atoms with van der Waals surface area (Å²) in [5.74, 6) is 0. The molecule has 73 valence electrons. The van der Waals surface area contributed by atoms with Crippen molar-refractivity contribution in [2.45, 2.75) is 13.8 Å². The minimum atomic E-state index is 0. The molecule has 0 saturated carbocycles. The molecular weight excluding hydrogens is 253 g/mol. The molecule has 14 heavy (non-hydrogen) atoms. The van der Waals surface area contributed by atoms with E-state index in [0.29, 0.717) is 0 Å². The van der Waals surface area contributed by atoms with Gasteiger partial charge in [0.1, 0.15) is 0 Å². The standard InChI is InChI=1S/C10H10N.2ClH.Ti/c1-7-4-3-5-9-10(7)8(2)6-11-9;;;/h3-5,11H,1-2H3;2*1H;/q;;;+2/p-2. The summed E-state index contributed by atoms with van der Waals surface area (Å²) < 4.78 is 1.28. The van der Waals surface area contributed by atoms with E-state index in [1.54, 1.807) is 0 Å². The van der Waals surface area contributed by atoms with Crippen molar-refractivity contribution in [2.24, 2.45) is 0 Å². The van der Waals surface area contributed by atoms with Crippen LogP contribution in [-0.2, 0) is 20.4 Å². The monoisotopic (exact) mass is 262 g/mol. The van der Waals surface area contributed by atoms with Gasteiger partial charge in [0.25, 0.3) is 0 Å². The molecule has 2 aromatic rings. The number of aromatic nitrogens is 1. The van der Waals surface area contributed by atoms with Crippen molar-refractivity contribution in [1.82, 2.24) is 4.98 Å². The van der Waals surface area contributed by atoms with Crippen LogP contribution < -0.4 is 28.8 Å². The summed E-state index contributed by atoms with van der Waals surface area (Å²) in [4.78, 5) is 3.37. The number of hydrogen-bond acceptors (Lipinski definition) is 0. The third-order valence-electron chi connectivity index (χ3n) is 2.28. The molecule has 0 radical (unpaired) electrons. The van der Waals surface area contributed by atoms with Crippen molar-refractivity contribution in [3.05, 3.63) is 29.3 Å². The maximum Gasteiger partial charge on any atom is -1.00 e. The Hall–Kier alpha value is 0.0543. The zero-order valence-electron chi connectivity index (χ0n) is 7.99. The molecule has 0 aliphatic carbocycles. The fourth-order valence-electron chi connectivity index (χ4n) is 1.62. The molecule has 1 nitrogen and oxygen atoms in total. The van der Waals surface area contributed by atoms with Crippen molar-refractivity contribution >= 4 is 14.9 Å². The Morgan fingerprint density at radius 3 is 2.36 bits per heavy atom. The molecule has 2 rings (SSSR count). The van der Waals surface area contributed by atoms with Crippen LogP contribution in [0.5, 0.6) is 0 Å². The topological polar surface area (TPSA) is 15.8 Å². The number of halogens is 2. The summed E-state index contributed by atoms with van der Waals surface area (Å²) in [5, 5.41) is 1.38. The third kappa shape index (κ3) is 2.17. The Morgan fingerprint density at radius 1 is 1.14 bits per heavy atom. The molecule has 0 atom stereocenters. The van der Waals surface area contributed by atoms with E-state index in [9.17, 15) is 0 Å². The average molecular weight is 263 g/mol. The number of aromatic amines is 1. The molecule has 1 N–H and O–H groups in total.